The lowest BCUT2D eigenvalue weighted by Gasteiger charge is -2.18. The third kappa shape index (κ3) is 2.79. The predicted octanol–water partition coefficient (Wildman–Crippen LogP) is 5.30. The minimum Gasteiger partial charge on any atom is -0.496 e. The summed E-state index contributed by atoms with van der Waals surface area (Å²) >= 11 is 0. The highest BCUT2D eigenvalue weighted by Crippen LogP contribution is 2.45. The van der Waals surface area contributed by atoms with Crippen molar-refractivity contribution >= 4 is 34.1 Å². The van der Waals surface area contributed by atoms with Gasteiger partial charge in [0.25, 0.3) is 0 Å². The second kappa shape index (κ2) is 7.16. The van der Waals surface area contributed by atoms with Crippen molar-refractivity contribution in [3.8, 4) is 22.6 Å². The maximum atomic E-state index is 11.2. The molecule has 0 N–H and O–H groups in total. The number of ether oxygens (including phenoxy) is 2. The summed E-state index contributed by atoms with van der Waals surface area (Å²) in [5.74, 6) is 1.41. The molecule has 28 heavy (non-hydrogen) atoms. The van der Waals surface area contributed by atoms with Crippen molar-refractivity contribution in [2.45, 2.75) is 0 Å². The molecule has 4 heteroatoms. The molecule has 138 valence electrons. The molecule has 4 rings (SSSR count). The summed E-state index contributed by atoms with van der Waals surface area (Å²) in [5, 5.41) is 3.78. The highest BCUT2D eigenvalue weighted by atomic mass is 16.5. The van der Waals surface area contributed by atoms with E-state index in [0.29, 0.717) is 22.6 Å². The molecule has 4 aromatic carbocycles. The van der Waals surface area contributed by atoms with Crippen LogP contribution in [0.4, 0.5) is 0 Å². The number of benzene rings is 4. The fourth-order valence-electron chi connectivity index (χ4n) is 3.66. The van der Waals surface area contributed by atoms with E-state index in [1.165, 1.54) is 0 Å². The number of hydrogen-bond donors (Lipinski definition) is 0. The first kappa shape index (κ1) is 17.7. The summed E-state index contributed by atoms with van der Waals surface area (Å²) in [6.45, 7) is 0. The topological polar surface area (TPSA) is 52.6 Å². The van der Waals surface area contributed by atoms with Gasteiger partial charge in [0.15, 0.2) is 0 Å². The van der Waals surface area contributed by atoms with Crippen LogP contribution in [-0.4, -0.2) is 26.8 Å². The van der Waals surface area contributed by atoms with E-state index in [-0.39, 0.29) is 0 Å². The van der Waals surface area contributed by atoms with Crippen molar-refractivity contribution < 1.29 is 19.1 Å². The van der Waals surface area contributed by atoms with Crippen LogP contribution in [0.15, 0.2) is 60.7 Å². The van der Waals surface area contributed by atoms with Gasteiger partial charge in [0, 0.05) is 22.3 Å². The molecule has 0 saturated carbocycles. The van der Waals surface area contributed by atoms with E-state index in [2.05, 4.69) is 0 Å². The Labute approximate surface area is 162 Å². The van der Waals surface area contributed by atoms with Crippen molar-refractivity contribution in [3.05, 3.63) is 71.8 Å². The fraction of sp³-hybridized carbons (Fsp3) is 0.0833. The average molecular weight is 370 g/mol. The zero-order chi connectivity index (χ0) is 19.7. The van der Waals surface area contributed by atoms with Gasteiger partial charge in [-0.05, 0) is 45.8 Å². The number of hydrogen-bond acceptors (Lipinski definition) is 4. The predicted molar refractivity (Wildman–Crippen MR) is 111 cm³/mol. The van der Waals surface area contributed by atoms with Gasteiger partial charge in [0.2, 0.25) is 0 Å². The van der Waals surface area contributed by atoms with Gasteiger partial charge in [-0.25, -0.2) is 0 Å². The fourth-order valence-corrected chi connectivity index (χ4v) is 3.66. The molecular formula is C24H18O4. The van der Waals surface area contributed by atoms with Gasteiger partial charge in [0.1, 0.15) is 24.1 Å². The van der Waals surface area contributed by atoms with E-state index in [1.807, 2.05) is 48.5 Å². The number of rotatable bonds is 5. The van der Waals surface area contributed by atoms with Gasteiger partial charge < -0.3 is 9.47 Å². The van der Waals surface area contributed by atoms with Crippen LogP contribution in [0.5, 0.6) is 11.5 Å². The van der Waals surface area contributed by atoms with Gasteiger partial charge in [0.05, 0.1) is 14.2 Å². The standard InChI is InChI=1S/C24H18O4/c1-27-21-9-5-17-11-15(13-25)3-7-19(17)23(21)24-20-8-4-16(14-26)12-18(20)6-10-22(24)28-2/h3-14H,1-2H3. The van der Waals surface area contributed by atoms with Crippen LogP contribution in [0.1, 0.15) is 20.7 Å². The Bertz CT molecular complexity index is 1130. The number of carbonyl (C=O) groups excluding carboxylic acids is 2. The van der Waals surface area contributed by atoms with Crippen LogP contribution in [-0.2, 0) is 0 Å². The molecule has 4 aromatic rings. The molecule has 0 aliphatic rings. The Kier molecular flexibility index (Phi) is 4.53. The van der Waals surface area contributed by atoms with Gasteiger partial charge in [-0.3, -0.25) is 9.59 Å². The minimum atomic E-state index is 0.615. The first-order chi connectivity index (χ1) is 13.7. The maximum Gasteiger partial charge on any atom is 0.150 e. The summed E-state index contributed by atoms with van der Waals surface area (Å²) in [7, 11) is 3.26. The van der Waals surface area contributed by atoms with E-state index in [4.69, 9.17) is 9.47 Å². The molecule has 0 fully saturated rings. The molecule has 0 aliphatic heterocycles. The third-order valence-electron chi connectivity index (χ3n) is 4.97. The third-order valence-corrected chi connectivity index (χ3v) is 4.97. The molecule has 4 nitrogen and oxygen atoms in total. The number of methoxy groups -OCH3 is 2. The zero-order valence-corrected chi connectivity index (χ0v) is 15.6. The molecule has 0 bridgehead atoms. The lowest BCUT2D eigenvalue weighted by Crippen LogP contribution is -1.95. The Morgan fingerprint density at radius 1 is 0.607 bits per heavy atom. The molecule has 0 saturated heterocycles. The Balaban J connectivity index is 2.15. The lowest BCUT2D eigenvalue weighted by atomic mass is 9.91. The number of fused-ring (bicyclic) bond motifs is 2. The van der Waals surface area contributed by atoms with E-state index in [1.54, 1.807) is 26.4 Å². The molecule has 0 atom stereocenters. The Morgan fingerprint density at radius 2 is 1.04 bits per heavy atom. The normalized spacial score (nSPS) is 10.8. The molecule has 0 unspecified atom stereocenters. The summed E-state index contributed by atoms with van der Waals surface area (Å²) in [6.07, 6.45) is 1.67. The summed E-state index contributed by atoms with van der Waals surface area (Å²) in [6, 6.07) is 18.8. The number of aldehydes is 2. The van der Waals surface area contributed by atoms with Crippen molar-refractivity contribution in [2.24, 2.45) is 0 Å². The van der Waals surface area contributed by atoms with E-state index >= 15 is 0 Å². The molecule has 0 aromatic heterocycles. The van der Waals surface area contributed by atoms with Gasteiger partial charge in [-0.1, -0.05) is 36.4 Å². The molecule has 0 radical (unpaired) electrons. The van der Waals surface area contributed by atoms with Crippen molar-refractivity contribution in [3.63, 3.8) is 0 Å². The summed E-state index contributed by atoms with van der Waals surface area (Å²) in [5.41, 5.74) is 3.01. The highest BCUT2D eigenvalue weighted by molar-refractivity contribution is 6.10. The smallest absolute Gasteiger partial charge is 0.150 e. The van der Waals surface area contributed by atoms with Crippen molar-refractivity contribution in [1.82, 2.24) is 0 Å². The minimum absolute atomic E-state index is 0.615. The second-order valence-electron chi connectivity index (χ2n) is 6.48. The van der Waals surface area contributed by atoms with Gasteiger partial charge >= 0.3 is 0 Å². The highest BCUT2D eigenvalue weighted by Gasteiger charge is 2.18. The Morgan fingerprint density at radius 3 is 1.39 bits per heavy atom. The first-order valence-electron chi connectivity index (χ1n) is 8.82. The number of carbonyl (C=O) groups is 2. The van der Waals surface area contributed by atoms with Crippen molar-refractivity contribution in [2.75, 3.05) is 14.2 Å². The zero-order valence-electron chi connectivity index (χ0n) is 15.6. The summed E-state index contributed by atoms with van der Waals surface area (Å²) < 4.78 is 11.4. The maximum absolute atomic E-state index is 11.2. The van der Waals surface area contributed by atoms with Crippen LogP contribution in [0.2, 0.25) is 0 Å². The van der Waals surface area contributed by atoms with Gasteiger partial charge in [-0.15, -0.1) is 0 Å². The average Bonchev–Trinajstić information content (AvgIpc) is 2.76. The quantitative estimate of drug-likeness (QED) is 0.447. The van der Waals surface area contributed by atoms with Crippen LogP contribution in [0, 0.1) is 0 Å². The van der Waals surface area contributed by atoms with Gasteiger partial charge in [-0.2, -0.15) is 0 Å². The van der Waals surface area contributed by atoms with E-state index in [9.17, 15) is 9.59 Å². The first-order valence-corrected chi connectivity index (χ1v) is 8.82. The van der Waals surface area contributed by atoms with Crippen molar-refractivity contribution in [1.29, 1.82) is 0 Å². The molecule has 0 aliphatic carbocycles. The lowest BCUT2D eigenvalue weighted by molar-refractivity contribution is 0.111. The summed E-state index contributed by atoms with van der Waals surface area (Å²) in [4.78, 5) is 22.4. The van der Waals surface area contributed by atoms with Crippen LogP contribution in [0.3, 0.4) is 0 Å². The molecule has 0 spiro atoms. The molecular weight excluding hydrogens is 352 g/mol. The SMILES string of the molecule is COc1ccc2cc(C=O)ccc2c1-c1c(OC)ccc2cc(C=O)ccc12. The van der Waals surface area contributed by atoms with E-state index < -0.39 is 0 Å². The van der Waals surface area contributed by atoms with Crippen LogP contribution in [0.25, 0.3) is 32.7 Å². The largest absolute Gasteiger partial charge is 0.496 e. The second-order valence-corrected chi connectivity index (χ2v) is 6.48. The molecule has 0 heterocycles. The van der Waals surface area contributed by atoms with Crippen LogP contribution >= 0.6 is 0 Å². The molecule has 0 amide bonds. The van der Waals surface area contributed by atoms with Crippen LogP contribution < -0.4 is 9.47 Å². The Hall–Kier alpha value is -3.66. The monoisotopic (exact) mass is 370 g/mol. The van der Waals surface area contributed by atoms with E-state index in [0.717, 1.165) is 45.2 Å².